The van der Waals surface area contributed by atoms with Crippen molar-refractivity contribution in [1.29, 1.82) is 0 Å². The molecule has 33 heavy (non-hydrogen) atoms. The number of likely N-dealkylation sites (tertiary alicyclic amines) is 1. The Morgan fingerprint density at radius 3 is 2.91 bits per heavy atom. The van der Waals surface area contributed by atoms with Gasteiger partial charge in [0, 0.05) is 48.1 Å². The zero-order chi connectivity index (χ0) is 22.8. The predicted molar refractivity (Wildman–Crippen MR) is 127 cm³/mol. The second kappa shape index (κ2) is 9.02. The Bertz CT molecular complexity index is 1280. The highest BCUT2D eigenvalue weighted by molar-refractivity contribution is 5.98. The van der Waals surface area contributed by atoms with E-state index < -0.39 is 0 Å². The van der Waals surface area contributed by atoms with E-state index in [2.05, 4.69) is 40.3 Å². The molecule has 2 aromatic heterocycles. The average molecular weight is 445 g/mol. The minimum absolute atomic E-state index is 0.0498. The van der Waals surface area contributed by atoms with Gasteiger partial charge >= 0.3 is 0 Å². The summed E-state index contributed by atoms with van der Waals surface area (Å²) in [7, 11) is 1.64. The number of fused-ring (bicyclic) bond motifs is 1. The number of aromatic nitrogens is 3. The molecule has 4 aromatic rings. The molecule has 3 heterocycles. The van der Waals surface area contributed by atoms with Crippen LogP contribution in [0.3, 0.4) is 0 Å². The Morgan fingerprint density at radius 1 is 1.15 bits per heavy atom. The van der Waals surface area contributed by atoms with Crippen LogP contribution in [-0.2, 0) is 6.42 Å². The van der Waals surface area contributed by atoms with Crippen molar-refractivity contribution in [2.24, 2.45) is 0 Å². The van der Waals surface area contributed by atoms with Gasteiger partial charge in [-0.1, -0.05) is 18.2 Å². The SMILES string of the molecule is COc1cccc(OCCc2cc([C@@H]3CCN(C(=O)c4cc5ccc(C)cc5[nH]4)C3)n[nH]2)c1. The lowest BCUT2D eigenvalue weighted by molar-refractivity contribution is 0.0786. The van der Waals surface area contributed by atoms with Crippen LogP contribution < -0.4 is 9.47 Å². The van der Waals surface area contributed by atoms with E-state index in [9.17, 15) is 4.79 Å². The number of hydrogen-bond donors (Lipinski definition) is 2. The van der Waals surface area contributed by atoms with Gasteiger partial charge in [0.05, 0.1) is 19.4 Å². The molecule has 0 radical (unpaired) electrons. The largest absolute Gasteiger partial charge is 0.497 e. The van der Waals surface area contributed by atoms with E-state index in [4.69, 9.17) is 9.47 Å². The van der Waals surface area contributed by atoms with Crippen molar-refractivity contribution in [3.8, 4) is 11.5 Å². The fraction of sp³-hybridized carbons (Fsp3) is 0.308. The highest BCUT2D eigenvalue weighted by Gasteiger charge is 2.30. The molecule has 2 aromatic carbocycles. The smallest absolute Gasteiger partial charge is 0.270 e. The summed E-state index contributed by atoms with van der Waals surface area (Å²) in [5.74, 6) is 1.85. The molecule has 2 N–H and O–H groups in total. The van der Waals surface area contributed by atoms with Gasteiger partial charge in [-0.05, 0) is 49.2 Å². The molecule has 1 fully saturated rings. The van der Waals surface area contributed by atoms with E-state index >= 15 is 0 Å². The molecular formula is C26H28N4O3. The van der Waals surface area contributed by atoms with Gasteiger partial charge in [-0.2, -0.15) is 5.10 Å². The number of carbonyl (C=O) groups is 1. The summed E-state index contributed by atoms with van der Waals surface area (Å²) in [6.45, 7) is 4.01. The normalized spacial score (nSPS) is 15.8. The summed E-state index contributed by atoms with van der Waals surface area (Å²) in [5.41, 5.74) is 4.86. The van der Waals surface area contributed by atoms with Crippen LogP contribution in [-0.4, -0.2) is 52.8 Å². The fourth-order valence-corrected chi connectivity index (χ4v) is 4.40. The van der Waals surface area contributed by atoms with Crippen LogP contribution in [0.5, 0.6) is 11.5 Å². The summed E-state index contributed by atoms with van der Waals surface area (Å²) in [5, 5.41) is 8.70. The van der Waals surface area contributed by atoms with Gasteiger partial charge in [0.2, 0.25) is 0 Å². The van der Waals surface area contributed by atoms with Crippen molar-refractivity contribution >= 4 is 16.8 Å². The number of nitrogens with zero attached hydrogens (tertiary/aromatic N) is 2. The van der Waals surface area contributed by atoms with E-state index in [0.717, 1.165) is 53.2 Å². The molecule has 1 amide bonds. The number of nitrogens with one attached hydrogen (secondary N) is 2. The Kier molecular flexibility index (Phi) is 5.77. The quantitative estimate of drug-likeness (QED) is 0.441. The van der Waals surface area contributed by atoms with Crippen molar-refractivity contribution in [3.05, 3.63) is 77.2 Å². The molecule has 0 saturated carbocycles. The maximum Gasteiger partial charge on any atom is 0.270 e. The second-order valence-corrected chi connectivity index (χ2v) is 8.61. The molecule has 5 rings (SSSR count). The Morgan fingerprint density at radius 2 is 2.03 bits per heavy atom. The first-order chi connectivity index (χ1) is 16.1. The van der Waals surface area contributed by atoms with E-state index in [1.165, 1.54) is 5.56 Å². The maximum atomic E-state index is 13.0. The summed E-state index contributed by atoms with van der Waals surface area (Å²) in [4.78, 5) is 18.2. The van der Waals surface area contributed by atoms with Gasteiger partial charge in [0.25, 0.3) is 5.91 Å². The van der Waals surface area contributed by atoms with Gasteiger partial charge in [0.15, 0.2) is 0 Å². The van der Waals surface area contributed by atoms with Crippen molar-refractivity contribution in [2.45, 2.75) is 25.7 Å². The summed E-state index contributed by atoms with van der Waals surface area (Å²) in [6, 6.07) is 17.8. The number of aryl methyl sites for hydroxylation is 1. The molecule has 170 valence electrons. The highest BCUT2D eigenvalue weighted by Crippen LogP contribution is 2.28. The standard InChI is InChI=1S/C26H28N4O3/c1-17-6-7-18-13-25(27-23(18)12-17)26(31)30-10-8-19(16-30)24-14-20(28-29-24)9-11-33-22-5-3-4-21(15-22)32-2/h3-7,12-15,19,27H,8-11,16H2,1-2H3,(H,28,29)/t19-/m1/s1. The topological polar surface area (TPSA) is 83.2 Å². The third-order valence-corrected chi connectivity index (χ3v) is 6.23. The zero-order valence-electron chi connectivity index (χ0n) is 18.9. The first-order valence-electron chi connectivity index (χ1n) is 11.3. The van der Waals surface area contributed by atoms with Crippen LogP contribution in [0.1, 0.15) is 39.8 Å². The minimum Gasteiger partial charge on any atom is -0.497 e. The van der Waals surface area contributed by atoms with E-state index in [0.29, 0.717) is 18.8 Å². The average Bonchev–Trinajstić information content (AvgIpc) is 3.57. The number of ether oxygens (including phenoxy) is 2. The van der Waals surface area contributed by atoms with Gasteiger partial charge in [-0.3, -0.25) is 9.89 Å². The minimum atomic E-state index is 0.0498. The maximum absolute atomic E-state index is 13.0. The number of methoxy groups -OCH3 is 1. The number of aromatic amines is 2. The van der Waals surface area contributed by atoms with Gasteiger partial charge in [-0.25, -0.2) is 0 Å². The lowest BCUT2D eigenvalue weighted by Gasteiger charge is -2.15. The number of rotatable bonds is 7. The summed E-state index contributed by atoms with van der Waals surface area (Å²) < 4.78 is 11.1. The van der Waals surface area contributed by atoms with E-state index in [1.54, 1.807) is 7.11 Å². The van der Waals surface area contributed by atoms with Crippen LogP contribution in [0.25, 0.3) is 10.9 Å². The van der Waals surface area contributed by atoms with Crippen molar-refractivity contribution in [3.63, 3.8) is 0 Å². The van der Waals surface area contributed by atoms with E-state index in [1.807, 2.05) is 41.3 Å². The lowest BCUT2D eigenvalue weighted by Crippen LogP contribution is -2.28. The first kappa shape index (κ1) is 21.1. The third kappa shape index (κ3) is 4.58. The van der Waals surface area contributed by atoms with Crippen LogP contribution in [0.15, 0.2) is 54.6 Å². The van der Waals surface area contributed by atoms with Crippen molar-refractivity contribution in [2.75, 3.05) is 26.8 Å². The highest BCUT2D eigenvalue weighted by atomic mass is 16.5. The molecule has 1 atom stereocenters. The van der Waals surface area contributed by atoms with Crippen LogP contribution >= 0.6 is 0 Å². The molecule has 0 bridgehead atoms. The number of H-pyrrole nitrogens is 2. The fourth-order valence-electron chi connectivity index (χ4n) is 4.40. The summed E-state index contributed by atoms with van der Waals surface area (Å²) >= 11 is 0. The predicted octanol–water partition coefficient (Wildman–Crippen LogP) is 4.46. The van der Waals surface area contributed by atoms with Crippen LogP contribution in [0.4, 0.5) is 0 Å². The van der Waals surface area contributed by atoms with Gasteiger partial charge in [-0.15, -0.1) is 0 Å². The molecule has 0 unspecified atom stereocenters. The number of benzene rings is 2. The number of hydrogen-bond acceptors (Lipinski definition) is 4. The lowest BCUT2D eigenvalue weighted by atomic mass is 10.0. The van der Waals surface area contributed by atoms with Crippen molar-refractivity contribution < 1.29 is 14.3 Å². The van der Waals surface area contributed by atoms with Crippen LogP contribution in [0.2, 0.25) is 0 Å². The zero-order valence-corrected chi connectivity index (χ0v) is 18.9. The second-order valence-electron chi connectivity index (χ2n) is 8.61. The van der Waals surface area contributed by atoms with Gasteiger partial charge < -0.3 is 19.4 Å². The van der Waals surface area contributed by atoms with Crippen LogP contribution in [0, 0.1) is 6.92 Å². The Balaban J connectivity index is 1.17. The van der Waals surface area contributed by atoms with Crippen molar-refractivity contribution in [1.82, 2.24) is 20.1 Å². The molecule has 0 aliphatic carbocycles. The Labute approximate surface area is 192 Å². The first-order valence-corrected chi connectivity index (χ1v) is 11.3. The molecule has 1 saturated heterocycles. The molecule has 1 aliphatic heterocycles. The molecular weight excluding hydrogens is 416 g/mol. The summed E-state index contributed by atoms with van der Waals surface area (Å²) in [6.07, 6.45) is 1.64. The molecule has 7 nitrogen and oxygen atoms in total. The molecule has 7 heteroatoms. The molecule has 1 aliphatic rings. The third-order valence-electron chi connectivity index (χ3n) is 6.23. The number of carbonyl (C=O) groups excluding carboxylic acids is 1. The number of amides is 1. The molecule has 0 spiro atoms. The van der Waals surface area contributed by atoms with E-state index in [-0.39, 0.29) is 11.8 Å². The van der Waals surface area contributed by atoms with Gasteiger partial charge in [0.1, 0.15) is 17.2 Å². The monoisotopic (exact) mass is 444 g/mol. The Hall–Kier alpha value is -3.74.